The molecule has 318 valence electrons. The summed E-state index contributed by atoms with van der Waals surface area (Å²) in [5.74, 6) is -2.08. The average molecular weight is 1010 g/mol. The Bertz CT molecular complexity index is 3320. The molecule has 0 bridgehead atoms. The first-order valence-electron chi connectivity index (χ1n) is 17.1. The molecule has 0 aliphatic heterocycles. The quantitative estimate of drug-likeness (QED) is 0.0429. The molecule has 6 N–H and O–H groups in total. The van der Waals surface area contributed by atoms with Crippen molar-refractivity contribution in [3.63, 3.8) is 0 Å². The number of fused-ring (bicyclic) bond motifs is 2. The van der Waals surface area contributed by atoms with Gasteiger partial charge in [-0.25, -0.2) is 16.8 Å². The number of hydrogen-bond acceptors (Lipinski definition) is 18. The van der Waals surface area contributed by atoms with Crippen molar-refractivity contribution >= 4 is 96.1 Å². The second-order valence-electron chi connectivity index (χ2n) is 13.2. The molecule has 0 aliphatic carbocycles. The summed E-state index contributed by atoms with van der Waals surface area (Å²) in [5, 5.41) is 40.1. The van der Waals surface area contributed by atoms with Crippen molar-refractivity contribution < 1.29 is 180 Å². The minimum absolute atomic E-state index is 0. The van der Waals surface area contributed by atoms with Gasteiger partial charge in [-0.3, -0.25) is 9.11 Å². The van der Waals surface area contributed by atoms with Crippen LogP contribution in [0.3, 0.4) is 0 Å². The molecule has 0 fully saturated rings. The summed E-state index contributed by atoms with van der Waals surface area (Å²) in [6.07, 6.45) is 0. The molecular formula is C38H24N6Na4O14S4. The van der Waals surface area contributed by atoms with E-state index in [1.807, 2.05) is 24.3 Å². The summed E-state index contributed by atoms with van der Waals surface area (Å²) in [5.41, 5.74) is 13.1. The molecule has 66 heavy (non-hydrogen) atoms. The Morgan fingerprint density at radius 1 is 0.409 bits per heavy atom. The molecule has 0 heterocycles. The predicted octanol–water partition coefficient (Wildman–Crippen LogP) is -6.21. The zero-order valence-electron chi connectivity index (χ0n) is 34.8. The molecule has 0 amide bonds. The number of nitrogens with two attached hydrogens (primary N) is 2. The molecule has 0 saturated heterocycles. The van der Waals surface area contributed by atoms with Gasteiger partial charge in [0.1, 0.15) is 30.0 Å². The predicted molar refractivity (Wildman–Crippen MR) is 217 cm³/mol. The van der Waals surface area contributed by atoms with E-state index in [0.29, 0.717) is 12.1 Å². The summed E-state index contributed by atoms with van der Waals surface area (Å²) in [4.78, 5) is -4.41. The fraction of sp³-hybridized carbons (Fsp3) is 0. The number of rotatable bonds is 10. The van der Waals surface area contributed by atoms with Crippen LogP contribution in [0.5, 0.6) is 11.5 Å². The third-order valence-electron chi connectivity index (χ3n) is 9.33. The Labute approximate surface area is 464 Å². The standard InChI is InChI=1S/C38H28N6O14S4.4Na/c39-35-31(61(53,54)55)17-29(59(47,48)49)25-13-15-27(37(45)33(25)35)43-41-23-9-5-21(6-10-23)19-1-2-20(4-3-19)22-7-11-24(12-8-22)42-44-28-16-14-26-30(60(50,51)52)18-32(62(56,57)58)36(40)34(26)38(28)46;;;;/h1-18,45-46H,39-40H2,(H,47,48,49)(H,50,51,52)(H,53,54,55)(H,56,57,58);;;;/q;4*+1/p-4. The van der Waals surface area contributed by atoms with Gasteiger partial charge in [-0.2, -0.15) is 37.3 Å². The molecule has 28 heteroatoms. The molecule has 0 unspecified atom stereocenters. The molecule has 0 aliphatic rings. The molecule has 0 atom stereocenters. The molecule has 7 rings (SSSR count). The Morgan fingerprint density at radius 3 is 0.939 bits per heavy atom. The summed E-state index contributed by atoms with van der Waals surface area (Å²) < 4.78 is 138. The van der Waals surface area contributed by atoms with E-state index in [1.54, 1.807) is 48.5 Å². The number of azo groups is 2. The van der Waals surface area contributed by atoms with E-state index in [4.69, 9.17) is 11.5 Å². The summed E-state index contributed by atoms with van der Waals surface area (Å²) in [6.45, 7) is 0. The maximum absolute atomic E-state index is 13.2. The summed E-state index contributed by atoms with van der Waals surface area (Å²) in [6, 6.07) is 25.6. The van der Waals surface area contributed by atoms with Gasteiger partial charge >= 0.3 is 118 Å². The van der Waals surface area contributed by atoms with Crippen molar-refractivity contribution in [2.75, 3.05) is 11.5 Å². The van der Waals surface area contributed by atoms with Crippen molar-refractivity contribution in [2.45, 2.75) is 19.6 Å². The minimum Gasteiger partial charge on any atom is -0.870 e. The van der Waals surface area contributed by atoms with Crippen molar-refractivity contribution in [1.82, 2.24) is 0 Å². The largest absolute Gasteiger partial charge is 1.00 e. The van der Waals surface area contributed by atoms with Gasteiger partial charge < -0.3 is 30.8 Å². The first kappa shape index (κ1) is 57.4. The van der Waals surface area contributed by atoms with Crippen molar-refractivity contribution in [1.29, 1.82) is 0 Å². The average Bonchev–Trinajstić information content (AvgIpc) is 3.19. The number of nitrogen functional groups attached to an aromatic ring is 2. The van der Waals surface area contributed by atoms with Crippen molar-refractivity contribution in [3.05, 3.63) is 109 Å². The maximum Gasteiger partial charge on any atom is 1.00 e. The number of nitrogens with zero attached hydrogens (tertiary/aromatic N) is 4. The van der Waals surface area contributed by atoms with Crippen molar-refractivity contribution in [3.8, 4) is 33.8 Å². The molecule has 0 aromatic heterocycles. The van der Waals surface area contributed by atoms with Crippen LogP contribution >= 0.6 is 0 Å². The maximum atomic E-state index is 13.2. The smallest absolute Gasteiger partial charge is 0.870 e. The number of anilines is 2. The first-order chi connectivity index (χ1) is 28.9. The van der Waals surface area contributed by atoms with Crippen LogP contribution in [0.4, 0.5) is 34.1 Å². The molecule has 0 spiro atoms. The van der Waals surface area contributed by atoms with Gasteiger partial charge in [-0.15, -0.1) is 0 Å². The van der Waals surface area contributed by atoms with E-state index < -0.39 is 104 Å². The van der Waals surface area contributed by atoms with Crippen LogP contribution < -0.4 is 140 Å². The Morgan fingerprint density at radius 2 is 0.682 bits per heavy atom. The van der Waals surface area contributed by atoms with Gasteiger partial charge in [0.25, 0.3) is 20.2 Å². The Kier molecular flexibility index (Phi) is 19.0. The van der Waals surface area contributed by atoms with Crippen LogP contribution in [0, 0.1) is 0 Å². The van der Waals surface area contributed by atoms with Gasteiger partial charge in [0, 0.05) is 21.5 Å². The van der Waals surface area contributed by atoms with Crippen LogP contribution in [0.1, 0.15) is 0 Å². The zero-order chi connectivity index (χ0) is 45.1. The molecular weight excluding hydrogens is 985 g/mol. The molecule has 7 aromatic rings. The fourth-order valence-electron chi connectivity index (χ4n) is 6.40. The summed E-state index contributed by atoms with van der Waals surface area (Å²) in [7, 11) is -20.9. The summed E-state index contributed by atoms with van der Waals surface area (Å²) >= 11 is 0. The third kappa shape index (κ3) is 12.1. The Hall–Kier alpha value is -2.90. The van der Waals surface area contributed by atoms with Gasteiger partial charge in [0.15, 0.2) is 0 Å². The van der Waals surface area contributed by atoms with Gasteiger partial charge in [0.05, 0.1) is 43.9 Å². The van der Waals surface area contributed by atoms with E-state index in [0.717, 1.165) is 46.5 Å². The SMILES string of the molecule is Nc1c(S(=O)(=O)O)cc(S(=O)(=O)[O-])c2ccc(N=Nc3ccc(-c4ccc(-c5ccc(N=Nc6ccc7c(S(=O)(=O)[O-])cc(S(=O)(=O)O)c(N)c7c6[O-])cc5)cc4)cc3)c([O-])c12.[Na+].[Na+].[Na+].[Na+]. The van der Waals surface area contributed by atoms with E-state index >= 15 is 0 Å². The van der Waals surface area contributed by atoms with Crippen LogP contribution in [0.25, 0.3) is 43.8 Å². The van der Waals surface area contributed by atoms with Gasteiger partial charge in [-0.05, 0) is 70.8 Å². The fourth-order valence-corrected chi connectivity index (χ4v) is 9.25. The van der Waals surface area contributed by atoms with Crippen LogP contribution in [0.15, 0.2) is 149 Å². The van der Waals surface area contributed by atoms with Gasteiger partial charge in [0.2, 0.25) is 0 Å². The molecule has 0 saturated carbocycles. The Balaban J connectivity index is 0.00000289. The topological polar surface area (TPSA) is 371 Å². The van der Waals surface area contributed by atoms with E-state index in [1.165, 1.54) is 0 Å². The minimum atomic E-state index is -5.31. The van der Waals surface area contributed by atoms with Crippen LogP contribution in [0.2, 0.25) is 0 Å². The van der Waals surface area contributed by atoms with Crippen LogP contribution in [-0.4, -0.2) is 51.9 Å². The van der Waals surface area contributed by atoms with Crippen molar-refractivity contribution in [2.24, 2.45) is 20.5 Å². The van der Waals surface area contributed by atoms with E-state index in [9.17, 15) is 62.1 Å². The van der Waals surface area contributed by atoms with Crippen LogP contribution in [-0.2, 0) is 40.5 Å². The number of benzene rings is 7. The second kappa shape index (κ2) is 21.8. The second-order valence-corrected chi connectivity index (χ2v) is 18.7. The zero-order valence-corrected chi connectivity index (χ0v) is 46.0. The molecule has 20 nitrogen and oxygen atoms in total. The van der Waals surface area contributed by atoms with Gasteiger partial charge in [-0.1, -0.05) is 72.2 Å². The first-order valence-corrected chi connectivity index (χ1v) is 22.8. The van der Waals surface area contributed by atoms with E-state index in [-0.39, 0.29) is 141 Å². The normalized spacial score (nSPS) is 12.1. The molecule has 0 radical (unpaired) electrons. The monoisotopic (exact) mass is 1010 g/mol. The van der Waals surface area contributed by atoms with E-state index in [2.05, 4.69) is 20.5 Å². The number of hydrogen-bond donors (Lipinski definition) is 4. The third-order valence-corrected chi connectivity index (χ3v) is 12.9. The molecule has 7 aromatic carbocycles.